The van der Waals surface area contributed by atoms with Crippen LogP contribution in [0.25, 0.3) is 0 Å². The molecule has 0 spiro atoms. The van der Waals surface area contributed by atoms with Crippen LogP contribution in [0.15, 0.2) is 18.2 Å². The zero-order valence-electron chi connectivity index (χ0n) is 15.9. The van der Waals surface area contributed by atoms with Crippen LogP contribution in [-0.4, -0.2) is 31.4 Å². The van der Waals surface area contributed by atoms with Gasteiger partial charge in [-0.3, -0.25) is 4.79 Å². The van der Waals surface area contributed by atoms with E-state index < -0.39 is 10.0 Å². The molecule has 0 saturated heterocycles. The maximum absolute atomic E-state index is 13.2. The summed E-state index contributed by atoms with van der Waals surface area (Å²) in [7, 11) is -3.19. The van der Waals surface area contributed by atoms with Gasteiger partial charge in [0, 0.05) is 24.7 Å². The summed E-state index contributed by atoms with van der Waals surface area (Å²) in [6.45, 7) is 0.882. The van der Waals surface area contributed by atoms with Crippen LogP contribution in [0.5, 0.6) is 0 Å². The van der Waals surface area contributed by atoms with E-state index in [4.69, 9.17) is 0 Å². The van der Waals surface area contributed by atoms with E-state index in [1.54, 1.807) is 0 Å². The fraction of sp³-hybridized carbons (Fsp3) is 0.667. The highest BCUT2D eigenvalue weighted by Gasteiger charge is 2.50. The summed E-state index contributed by atoms with van der Waals surface area (Å²) in [5.74, 6) is 3.24. The highest BCUT2D eigenvalue weighted by atomic mass is 32.2. The molecule has 1 aromatic rings. The summed E-state index contributed by atoms with van der Waals surface area (Å²) in [5, 5.41) is 3.24. The van der Waals surface area contributed by atoms with Crippen molar-refractivity contribution in [2.75, 3.05) is 18.1 Å². The monoisotopic (exact) mass is 388 g/mol. The minimum atomic E-state index is -3.19. The largest absolute Gasteiger partial charge is 0.326 e. The molecule has 4 bridgehead atoms. The first-order valence-electron chi connectivity index (χ1n) is 10.2. The van der Waals surface area contributed by atoms with Crippen molar-refractivity contribution in [2.45, 2.75) is 45.1 Å². The molecular formula is C21H28N2O3S. The SMILES string of the molecule is CS(=O)(=O)N1CCc2c(cccc2NC(=O)C2C3CC4CC(C3)CC2C4)C1. The van der Waals surface area contributed by atoms with Gasteiger partial charge in [-0.25, -0.2) is 8.42 Å². The summed E-state index contributed by atoms with van der Waals surface area (Å²) in [6.07, 6.45) is 8.26. The van der Waals surface area contributed by atoms with E-state index in [9.17, 15) is 13.2 Å². The number of anilines is 1. The molecule has 1 amide bonds. The smallest absolute Gasteiger partial charge is 0.228 e. The molecule has 5 nitrogen and oxygen atoms in total. The van der Waals surface area contributed by atoms with Gasteiger partial charge in [-0.05, 0) is 79.4 Å². The third-order valence-electron chi connectivity index (χ3n) is 7.49. The zero-order chi connectivity index (χ0) is 18.8. The lowest BCUT2D eigenvalue weighted by molar-refractivity contribution is -0.132. The average molecular weight is 389 g/mol. The average Bonchev–Trinajstić information content (AvgIpc) is 2.60. The van der Waals surface area contributed by atoms with Crippen molar-refractivity contribution < 1.29 is 13.2 Å². The normalized spacial score (nSPS) is 35.1. The number of nitrogens with zero attached hydrogens (tertiary/aromatic N) is 1. The maximum Gasteiger partial charge on any atom is 0.228 e. The number of amides is 1. The molecule has 0 atom stereocenters. The third kappa shape index (κ3) is 3.11. The number of hydrogen-bond acceptors (Lipinski definition) is 3. The van der Waals surface area contributed by atoms with E-state index >= 15 is 0 Å². The Morgan fingerprint density at radius 2 is 1.74 bits per heavy atom. The number of benzene rings is 1. The molecule has 1 heterocycles. The summed E-state index contributed by atoms with van der Waals surface area (Å²) >= 11 is 0. The zero-order valence-corrected chi connectivity index (χ0v) is 16.7. The Labute approximate surface area is 161 Å². The van der Waals surface area contributed by atoms with Gasteiger partial charge in [0.25, 0.3) is 0 Å². The molecule has 0 unspecified atom stereocenters. The third-order valence-corrected chi connectivity index (χ3v) is 8.74. The van der Waals surface area contributed by atoms with E-state index in [0.717, 1.165) is 28.7 Å². The molecule has 1 aliphatic heterocycles. The van der Waals surface area contributed by atoms with Crippen LogP contribution in [0.3, 0.4) is 0 Å². The first-order chi connectivity index (χ1) is 12.9. The van der Waals surface area contributed by atoms with Gasteiger partial charge in [0.2, 0.25) is 15.9 Å². The van der Waals surface area contributed by atoms with Crippen molar-refractivity contribution >= 4 is 21.6 Å². The number of carbonyl (C=O) groups is 1. The van der Waals surface area contributed by atoms with Gasteiger partial charge in [-0.2, -0.15) is 4.31 Å². The predicted molar refractivity (Wildman–Crippen MR) is 105 cm³/mol. The lowest BCUT2D eigenvalue weighted by Gasteiger charge is -2.53. The van der Waals surface area contributed by atoms with Crippen LogP contribution in [0, 0.1) is 29.6 Å². The number of fused-ring (bicyclic) bond motifs is 1. The van der Waals surface area contributed by atoms with Gasteiger partial charge in [0.1, 0.15) is 0 Å². The molecular weight excluding hydrogens is 360 g/mol. The van der Waals surface area contributed by atoms with Crippen molar-refractivity contribution in [3.63, 3.8) is 0 Å². The molecule has 6 rings (SSSR count). The highest BCUT2D eigenvalue weighted by molar-refractivity contribution is 7.88. The summed E-state index contributed by atoms with van der Waals surface area (Å²) < 4.78 is 25.2. The molecule has 146 valence electrons. The minimum Gasteiger partial charge on any atom is -0.326 e. The molecule has 1 N–H and O–H groups in total. The summed E-state index contributed by atoms with van der Waals surface area (Å²) in [4.78, 5) is 13.2. The van der Waals surface area contributed by atoms with Gasteiger partial charge in [-0.15, -0.1) is 0 Å². The van der Waals surface area contributed by atoms with Crippen LogP contribution < -0.4 is 5.32 Å². The van der Waals surface area contributed by atoms with Crippen LogP contribution in [0.1, 0.15) is 43.2 Å². The number of carbonyl (C=O) groups excluding carboxylic acids is 1. The van der Waals surface area contributed by atoms with Crippen molar-refractivity contribution in [1.82, 2.24) is 4.31 Å². The van der Waals surface area contributed by atoms with Crippen LogP contribution in [-0.2, 0) is 27.8 Å². The molecule has 27 heavy (non-hydrogen) atoms. The molecule has 1 aromatic carbocycles. The van der Waals surface area contributed by atoms with E-state index in [0.29, 0.717) is 31.3 Å². The molecule has 0 radical (unpaired) electrons. The van der Waals surface area contributed by atoms with Gasteiger partial charge < -0.3 is 5.32 Å². The summed E-state index contributed by atoms with van der Waals surface area (Å²) in [5.41, 5.74) is 3.00. The molecule has 5 aliphatic rings. The molecule has 0 aromatic heterocycles. The Bertz CT molecular complexity index is 851. The molecule has 6 heteroatoms. The number of rotatable bonds is 3. The van der Waals surface area contributed by atoms with E-state index in [1.807, 2.05) is 18.2 Å². The molecule has 4 fully saturated rings. The standard InChI is InChI=1S/C21H28N2O3S/c1-27(25,26)23-6-5-18-15(12-23)3-2-4-19(18)22-21(24)20-16-8-13-7-14(10-16)11-17(20)9-13/h2-4,13-14,16-17,20H,5-12H2,1H3,(H,22,24). The van der Waals surface area contributed by atoms with Crippen molar-refractivity contribution in [3.05, 3.63) is 29.3 Å². The Morgan fingerprint density at radius 3 is 2.37 bits per heavy atom. The lowest BCUT2D eigenvalue weighted by atomic mass is 9.51. The quantitative estimate of drug-likeness (QED) is 0.866. The summed E-state index contributed by atoms with van der Waals surface area (Å²) in [6, 6.07) is 5.88. The fourth-order valence-corrected chi connectivity index (χ4v) is 7.35. The topological polar surface area (TPSA) is 66.5 Å². The Morgan fingerprint density at radius 1 is 1.07 bits per heavy atom. The fourth-order valence-electron chi connectivity index (χ4n) is 6.55. The van der Waals surface area contributed by atoms with Gasteiger partial charge in [0.05, 0.1) is 6.26 Å². The van der Waals surface area contributed by atoms with Crippen LogP contribution in [0.4, 0.5) is 5.69 Å². The second-order valence-corrected chi connectivity index (χ2v) is 11.2. The van der Waals surface area contributed by atoms with E-state index in [2.05, 4.69) is 5.32 Å². The predicted octanol–water partition coefficient (Wildman–Crippen LogP) is 3.02. The highest BCUT2D eigenvalue weighted by Crippen LogP contribution is 2.56. The van der Waals surface area contributed by atoms with Gasteiger partial charge >= 0.3 is 0 Å². The molecule has 4 aliphatic carbocycles. The minimum absolute atomic E-state index is 0.171. The van der Waals surface area contributed by atoms with Crippen molar-refractivity contribution in [1.29, 1.82) is 0 Å². The van der Waals surface area contributed by atoms with Crippen molar-refractivity contribution in [2.24, 2.45) is 29.6 Å². The molecule has 4 saturated carbocycles. The Balaban J connectivity index is 1.36. The van der Waals surface area contributed by atoms with E-state index in [1.165, 1.54) is 42.7 Å². The van der Waals surface area contributed by atoms with Crippen molar-refractivity contribution in [3.8, 4) is 0 Å². The Hall–Kier alpha value is -1.40. The number of hydrogen-bond donors (Lipinski definition) is 1. The lowest BCUT2D eigenvalue weighted by Crippen LogP contribution is -2.49. The first kappa shape index (κ1) is 17.7. The second kappa shape index (κ2) is 6.31. The van der Waals surface area contributed by atoms with E-state index in [-0.39, 0.29) is 11.8 Å². The van der Waals surface area contributed by atoms with Crippen LogP contribution >= 0.6 is 0 Å². The number of nitrogens with one attached hydrogen (secondary N) is 1. The Kier molecular flexibility index (Phi) is 4.13. The van der Waals surface area contributed by atoms with Gasteiger partial charge in [0.15, 0.2) is 0 Å². The van der Waals surface area contributed by atoms with Crippen LogP contribution in [0.2, 0.25) is 0 Å². The maximum atomic E-state index is 13.2. The number of sulfonamides is 1. The first-order valence-corrected chi connectivity index (χ1v) is 12.1. The second-order valence-electron chi connectivity index (χ2n) is 9.24. The van der Waals surface area contributed by atoms with Gasteiger partial charge in [-0.1, -0.05) is 12.1 Å².